The van der Waals surface area contributed by atoms with Crippen LogP contribution in [0.1, 0.15) is 37.9 Å². The molecule has 1 N–H and O–H groups in total. The molecule has 6 nitrogen and oxygen atoms in total. The van der Waals surface area contributed by atoms with Crippen LogP contribution in [0.3, 0.4) is 0 Å². The van der Waals surface area contributed by atoms with Crippen molar-refractivity contribution in [3.63, 3.8) is 0 Å². The summed E-state index contributed by atoms with van der Waals surface area (Å²) < 4.78 is 48.8. The first-order chi connectivity index (χ1) is 16.6. The van der Waals surface area contributed by atoms with Crippen LogP contribution in [-0.4, -0.2) is 28.8 Å². The van der Waals surface area contributed by atoms with Gasteiger partial charge in [-0.05, 0) is 56.2 Å². The lowest BCUT2D eigenvalue weighted by atomic mass is 10.1. The highest BCUT2D eigenvalue weighted by molar-refractivity contribution is 7.89. The lowest BCUT2D eigenvalue weighted by Gasteiger charge is -2.22. The summed E-state index contributed by atoms with van der Waals surface area (Å²) in [6, 6.07) is 27.0. The van der Waals surface area contributed by atoms with Crippen molar-refractivity contribution >= 4 is 21.0 Å². The molecule has 0 aliphatic heterocycles. The summed E-state index contributed by atoms with van der Waals surface area (Å²) in [6.07, 6.45) is 0. The zero-order valence-electron chi connectivity index (χ0n) is 20.3. The predicted molar refractivity (Wildman–Crippen MR) is 140 cm³/mol. The molecule has 3 aromatic carbocycles. The molecule has 184 valence electrons. The first kappa shape index (κ1) is 26.5. The summed E-state index contributed by atoms with van der Waals surface area (Å²) in [4.78, 5) is 0.103. The van der Waals surface area contributed by atoms with Crippen LogP contribution in [0.5, 0.6) is 5.75 Å². The fraction of sp³-hybridized carbons (Fsp3) is 0.259. The lowest BCUT2D eigenvalue weighted by Crippen LogP contribution is -2.35. The monoisotopic (exact) mass is 510 g/mol. The van der Waals surface area contributed by atoms with E-state index < -0.39 is 31.8 Å². The zero-order chi connectivity index (χ0) is 25.5. The van der Waals surface area contributed by atoms with Gasteiger partial charge in [0.15, 0.2) is 0 Å². The molecule has 0 fully saturated rings. The number of nitrogens with one attached hydrogen (secondary N) is 1. The zero-order valence-corrected chi connectivity index (χ0v) is 21.9. The quantitative estimate of drug-likeness (QED) is 0.354. The summed E-state index contributed by atoms with van der Waals surface area (Å²) in [5.74, 6) is 3.58. The Bertz CT molecular complexity index is 1290. The number of benzene rings is 3. The third-order valence-electron chi connectivity index (χ3n) is 5.06. The van der Waals surface area contributed by atoms with Crippen molar-refractivity contribution in [1.82, 2.24) is 9.03 Å². The van der Waals surface area contributed by atoms with E-state index in [0.717, 1.165) is 15.4 Å². The predicted octanol–water partition coefficient (Wildman–Crippen LogP) is 4.64. The summed E-state index contributed by atoms with van der Waals surface area (Å²) in [6.45, 7) is 5.65. The van der Waals surface area contributed by atoms with Crippen molar-refractivity contribution in [3.8, 4) is 17.7 Å². The van der Waals surface area contributed by atoms with E-state index >= 15 is 0 Å². The second-order valence-electron chi connectivity index (χ2n) is 8.77. The molecule has 3 rings (SSSR count). The molecule has 0 amide bonds. The summed E-state index contributed by atoms with van der Waals surface area (Å²) in [5, 5.41) is 0. The Balaban J connectivity index is 2.03. The minimum absolute atomic E-state index is 0.0616. The van der Waals surface area contributed by atoms with Crippen LogP contribution >= 0.6 is 0 Å². The summed E-state index contributed by atoms with van der Waals surface area (Å²) in [7, 11) is -3.85. The van der Waals surface area contributed by atoms with Crippen LogP contribution in [0.15, 0.2) is 89.8 Å². The van der Waals surface area contributed by atoms with E-state index in [1.54, 1.807) is 12.1 Å². The minimum atomic E-state index is -3.96. The van der Waals surface area contributed by atoms with Crippen LogP contribution in [0.4, 0.5) is 0 Å². The second kappa shape index (κ2) is 11.5. The molecule has 3 aromatic rings. The van der Waals surface area contributed by atoms with Gasteiger partial charge in [-0.3, -0.25) is 0 Å². The molecule has 0 bridgehead atoms. The summed E-state index contributed by atoms with van der Waals surface area (Å²) in [5.41, 5.74) is 1.58. The van der Waals surface area contributed by atoms with Gasteiger partial charge < -0.3 is 4.74 Å². The Labute approximate surface area is 211 Å². The standard InChI is InChI=1S/C27H30N2O4S2/c1-27(2,3)34(30)28-26(23-13-9-6-10-14-23)19-20-29(21-22-11-7-5-8-12-22)35(31,32)25-17-15-24(33-4)16-18-25/h5-18,26,28H,21H2,1-4H3/t26-,34?/m1/s1. The molecule has 2 atom stereocenters. The molecule has 0 heterocycles. The molecule has 8 heteroatoms. The maximum absolute atomic E-state index is 13.6. The molecule has 0 aromatic heterocycles. The van der Waals surface area contributed by atoms with E-state index in [4.69, 9.17) is 4.74 Å². The molecule has 0 radical (unpaired) electrons. The molecule has 0 saturated heterocycles. The highest BCUT2D eigenvalue weighted by Gasteiger charge is 2.25. The SMILES string of the molecule is COc1ccc(S(=O)(=O)N(C#C[C@@H](NS(=O)C(C)(C)C)c2ccccc2)Cc2ccccc2)cc1. The van der Waals surface area contributed by atoms with Gasteiger partial charge in [-0.2, -0.15) is 0 Å². The number of methoxy groups -OCH3 is 1. The van der Waals surface area contributed by atoms with Gasteiger partial charge in [0.25, 0.3) is 10.0 Å². The van der Waals surface area contributed by atoms with Gasteiger partial charge in [0.2, 0.25) is 0 Å². The topological polar surface area (TPSA) is 75.7 Å². The molecule has 1 unspecified atom stereocenters. The maximum Gasteiger partial charge on any atom is 0.271 e. The number of nitrogens with zero attached hydrogens (tertiary/aromatic N) is 1. The number of hydrogen-bond acceptors (Lipinski definition) is 4. The first-order valence-corrected chi connectivity index (χ1v) is 13.6. The van der Waals surface area contributed by atoms with Crippen molar-refractivity contribution < 1.29 is 17.4 Å². The van der Waals surface area contributed by atoms with Crippen LogP contribution in [0.2, 0.25) is 0 Å². The Hall–Kier alpha value is -3.12. The second-order valence-corrected chi connectivity index (χ2v) is 12.6. The van der Waals surface area contributed by atoms with Gasteiger partial charge in [-0.15, -0.1) is 0 Å². The normalized spacial score (nSPS) is 13.3. The van der Waals surface area contributed by atoms with Gasteiger partial charge in [0, 0.05) is 6.04 Å². The summed E-state index contributed by atoms with van der Waals surface area (Å²) >= 11 is 0. The Kier molecular flexibility index (Phi) is 8.73. The van der Waals surface area contributed by atoms with E-state index in [1.807, 2.05) is 81.4 Å². The van der Waals surface area contributed by atoms with Gasteiger partial charge >= 0.3 is 0 Å². The largest absolute Gasteiger partial charge is 0.497 e. The van der Waals surface area contributed by atoms with E-state index in [2.05, 4.69) is 16.7 Å². The van der Waals surface area contributed by atoms with Gasteiger partial charge in [-0.25, -0.2) is 21.7 Å². The third kappa shape index (κ3) is 7.18. The van der Waals surface area contributed by atoms with E-state index in [-0.39, 0.29) is 11.4 Å². The van der Waals surface area contributed by atoms with Crippen LogP contribution < -0.4 is 9.46 Å². The smallest absolute Gasteiger partial charge is 0.271 e. The van der Waals surface area contributed by atoms with E-state index in [9.17, 15) is 12.6 Å². The Morgan fingerprint density at radius 3 is 2.06 bits per heavy atom. The van der Waals surface area contributed by atoms with Crippen LogP contribution in [0, 0.1) is 12.0 Å². The average Bonchev–Trinajstić information content (AvgIpc) is 2.86. The molecular weight excluding hydrogens is 480 g/mol. The number of hydrogen-bond donors (Lipinski definition) is 1. The molecule has 0 saturated carbocycles. The maximum atomic E-state index is 13.6. The van der Waals surface area contributed by atoms with E-state index in [1.165, 1.54) is 19.2 Å². The molecule has 0 aliphatic carbocycles. The van der Waals surface area contributed by atoms with Crippen LogP contribution in [0.25, 0.3) is 0 Å². The van der Waals surface area contributed by atoms with Crippen molar-refractivity contribution in [2.24, 2.45) is 0 Å². The Morgan fingerprint density at radius 1 is 0.943 bits per heavy atom. The van der Waals surface area contributed by atoms with Crippen molar-refractivity contribution in [2.75, 3.05) is 7.11 Å². The lowest BCUT2D eigenvalue weighted by molar-refractivity contribution is 0.414. The van der Waals surface area contributed by atoms with Crippen molar-refractivity contribution in [3.05, 3.63) is 96.1 Å². The van der Waals surface area contributed by atoms with Gasteiger partial charge in [0.05, 0.1) is 34.3 Å². The average molecular weight is 511 g/mol. The number of sulfonamides is 1. The fourth-order valence-electron chi connectivity index (χ4n) is 3.06. The molecule has 0 spiro atoms. The fourth-order valence-corrected chi connectivity index (χ4v) is 5.04. The van der Waals surface area contributed by atoms with Crippen molar-refractivity contribution in [2.45, 2.75) is 43.0 Å². The molecule has 35 heavy (non-hydrogen) atoms. The highest BCUT2D eigenvalue weighted by Crippen LogP contribution is 2.22. The first-order valence-electron chi connectivity index (χ1n) is 11.1. The third-order valence-corrected chi connectivity index (χ3v) is 8.29. The molecule has 0 aliphatic rings. The number of rotatable bonds is 8. The van der Waals surface area contributed by atoms with Gasteiger partial charge in [-0.1, -0.05) is 66.6 Å². The van der Waals surface area contributed by atoms with Crippen LogP contribution in [-0.2, 0) is 27.6 Å². The molecular formula is C27H30N2O4S2. The number of ether oxygens (including phenoxy) is 1. The highest BCUT2D eigenvalue weighted by atomic mass is 32.2. The minimum Gasteiger partial charge on any atom is -0.497 e. The van der Waals surface area contributed by atoms with Gasteiger partial charge in [0.1, 0.15) is 11.8 Å². The van der Waals surface area contributed by atoms with Crippen molar-refractivity contribution in [1.29, 1.82) is 0 Å². The van der Waals surface area contributed by atoms with E-state index in [0.29, 0.717) is 5.75 Å². The Morgan fingerprint density at radius 2 is 1.51 bits per heavy atom.